The Balaban J connectivity index is 1.70. The molecule has 0 radical (unpaired) electrons. The van der Waals surface area contributed by atoms with Gasteiger partial charge in [-0.05, 0) is 55.6 Å². The number of nitrogens with one attached hydrogen (secondary N) is 2. The Morgan fingerprint density at radius 1 is 1.19 bits per heavy atom. The molecule has 4 rings (SSSR count). The summed E-state index contributed by atoms with van der Waals surface area (Å²) in [7, 11) is 0. The van der Waals surface area contributed by atoms with Crippen molar-refractivity contribution in [3.05, 3.63) is 41.2 Å². The molecule has 1 saturated heterocycles. The van der Waals surface area contributed by atoms with Crippen LogP contribution in [0.3, 0.4) is 0 Å². The normalized spacial score (nSPS) is 17.6. The number of ether oxygens (including phenoxy) is 1. The average Bonchev–Trinajstić information content (AvgIpc) is 2.68. The standard InChI is InChI=1S/C20H24N4O2/c1-13(25)22-16-4-2-15(3-5-16)20-23-18-12-21-9-6-17(18)19(24-20)14-7-10-26-11-8-14/h2-5,14,21H,6-12H2,1H3,(H,22,25). The summed E-state index contributed by atoms with van der Waals surface area (Å²) in [6, 6.07) is 7.73. The quantitative estimate of drug-likeness (QED) is 0.888. The van der Waals surface area contributed by atoms with Crippen LogP contribution in [0, 0.1) is 0 Å². The Bertz CT molecular complexity index is 798. The molecule has 2 N–H and O–H groups in total. The lowest BCUT2D eigenvalue weighted by Crippen LogP contribution is -2.28. The fourth-order valence-corrected chi connectivity index (χ4v) is 3.73. The Morgan fingerprint density at radius 2 is 1.96 bits per heavy atom. The van der Waals surface area contributed by atoms with Crippen LogP contribution in [0.5, 0.6) is 0 Å². The molecular weight excluding hydrogens is 328 g/mol. The van der Waals surface area contributed by atoms with Crippen molar-refractivity contribution < 1.29 is 9.53 Å². The second kappa shape index (κ2) is 7.51. The van der Waals surface area contributed by atoms with E-state index in [1.54, 1.807) is 0 Å². The number of hydrogen-bond donors (Lipinski definition) is 2. The number of fused-ring (bicyclic) bond motifs is 1. The molecule has 6 heteroatoms. The maximum Gasteiger partial charge on any atom is 0.221 e. The van der Waals surface area contributed by atoms with Crippen molar-refractivity contribution in [2.45, 2.75) is 38.6 Å². The van der Waals surface area contributed by atoms with E-state index < -0.39 is 0 Å². The van der Waals surface area contributed by atoms with Crippen molar-refractivity contribution in [3.63, 3.8) is 0 Å². The van der Waals surface area contributed by atoms with Gasteiger partial charge in [0.05, 0.1) is 11.4 Å². The molecule has 1 fully saturated rings. The molecule has 0 aliphatic carbocycles. The molecular formula is C20H24N4O2. The Morgan fingerprint density at radius 3 is 2.69 bits per heavy atom. The van der Waals surface area contributed by atoms with E-state index in [1.807, 2.05) is 24.3 Å². The van der Waals surface area contributed by atoms with Crippen molar-refractivity contribution in [1.29, 1.82) is 0 Å². The first-order valence-corrected chi connectivity index (χ1v) is 9.27. The second-order valence-corrected chi connectivity index (χ2v) is 6.93. The predicted octanol–water partition coefficient (Wildman–Crippen LogP) is 2.64. The first kappa shape index (κ1) is 17.1. The number of amides is 1. The molecule has 0 saturated carbocycles. The van der Waals surface area contributed by atoms with Crippen molar-refractivity contribution in [1.82, 2.24) is 15.3 Å². The van der Waals surface area contributed by atoms with Gasteiger partial charge in [-0.15, -0.1) is 0 Å². The molecule has 26 heavy (non-hydrogen) atoms. The molecule has 6 nitrogen and oxygen atoms in total. The molecule has 2 aromatic rings. The van der Waals surface area contributed by atoms with Gasteiger partial charge >= 0.3 is 0 Å². The van der Waals surface area contributed by atoms with E-state index in [0.717, 1.165) is 68.3 Å². The van der Waals surface area contributed by atoms with Gasteiger partial charge in [-0.25, -0.2) is 9.97 Å². The van der Waals surface area contributed by atoms with E-state index in [-0.39, 0.29) is 5.91 Å². The minimum atomic E-state index is -0.0735. The fourth-order valence-electron chi connectivity index (χ4n) is 3.73. The van der Waals surface area contributed by atoms with E-state index >= 15 is 0 Å². The van der Waals surface area contributed by atoms with E-state index in [0.29, 0.717) is 5.92 Å². The Kier molecular flexibility index (Phi) is 4.95. The topological polar surface area (TPSA) is 76.1 Å². The van der Waals surface area contributed by atoms with E-state index in [4.69, 9.17) is 14.7 Å². The highest BCUT2D eigenvalue weighted by Crippen LogP contribution is 2.32. The van der Waals surface area contributed by atoms with Crippen LogP contribution in [0.2, 0.25) is 0 Å². The SMILES string of the molecule is CC(=O)Nc1ccc(-c2nc3c(c(C4CCOCC4)n2)CCNC3)cc1. The van der Waals surface area contributed by atoms with Crippen molar-refractivity contribution in [3.8, 4) is 11.4 Å². The molecule has 0 bridgehead atoms. The van der Waals surface area contributed by atoms with Crippen LogP contribution in [0.1, 0.15) is 42.6 Å². The molecule has 1 aromatic carbocycles. The summed E-state index contributed by atoms with van der Waals surface area (Å²) in [5.41, 5.74) is 5.41. The minimum Gasteiger partial charge on any atom is -0.381 e. The van der Waals surface area contributed by atoms with E-state index in [1.165, 1.54) is 18.2 Å². The number of hydrogen-bond acceptors (Lipinski definition) is 5. The molecule has 2 aliphatic rings. The van der Waals surface area contributed by atoms with Gasteiger partial charge in [0, 0.05) is 43.9 Å². The number of carbonyl (C=O) groups excluding carboxylic acids is 1. The van der Waals surface area contributed by atoms with Crippen LogP contribution >= 0.6 is 0 Å². The average molecular weight is 352 g/mol. The number of nitrogens with zero attached hydrogens (tertiary/aromatic N) is 2. The summed E-state index contributed by atoms with van der Waals surface area (Å²) in [4.78, 5) is 21.0. The number of benzene rings is 1. The van der Waals surface area contributed by atoms with Gasteiger partial charge < -0.3 is 15.4 Å². The van der Waals surface area contributed by atoms with E-state index in [2.05, 4.69) is 10.6 Å². The van der Waals surface area contributed by atoms with E-state index in [9.17, 15) is 4.79 Å². The summed E-state index contributed by atoms with van der Waals surface area (Å²) in [6.45, 7) is 4.90. The minimum absolute atomic E-state index is 0.0735. The zero-order valence-corrected chi connectivity index (χ0v) is 15.0. The smallest absolute Gasteiger partial charge is 0.221 e. The third-order valence-electron chi connectivity index (χ3n) is 5.04. The van der Waals surface area contributed by atoms with Crippen molar-refractivity contribution >= 4 is 11.6 Å². The van der Waals surface area contributed by atoms with Crippen LogP contribution in [-0.2, 0) is 22.5 Å². The maximum absolute atomic E-state index is 11.2. The molecule has 2 aliphatic heterocycles. The fraction of sp³-hybridized carbons (Fsp3) is 0.450. The van der Waals surface area contributed by atoms with Gasteiger partial charge in [0.2, 0.25) is 5.91 Å². The summed E-state index contributed by atoms with van der Waals surface area (Å²) >= 11 is 0. The molecule has 136 valence electrons. The van der Waals surface area contributed by atoms with Gasteiger partial charge in [-0.1, -0.05) is 0 Å². The highest BCUT2D eigenvalue weighted by molar-refractivity contribution is 5.88. The summed E-state index contributed by atoms with van der Waals surface area (Å²) in [5, 5.41) is 6.21. The third-order valence-corrected chi connectivity index (χ3v) is 5.04. The number of rotatable bonds is 3. The van der Waals surface area contributed by atoms with Crippen LogP contribution in [0.15, 0.2) is 24.3 Å². The number of anilines is 1. The first-order chi connectivity index (χ1) is 12.7. The van der Waals surface area contributed by atoms with Crippen LogP contribution < -0.4 is 10.6 Å². The largest absolute Gasteiger partial charge is 0.381 e. The molecule has 3 heterocycles. The summed E-state index contributed by atoms with van der Waals surface area (Å²) in [5.74, 6) is 1.15. The maximum atomic E-state index is 11.2. The zero-order valence-electron chi connectivity index (χ0n) is 15.0. The van der Waals surface area contributed by atoms with Gasteiger partial charge in [0.15, 0.2) is 5.82 Å². The van der Waals surface area contributed by atoms with Gasteiger partial charge in [-0.3, -0.25) is 4.79 Å². The molecule has 1 aromatic heterocycles. The molecule has 0 unspecified atom stereocenters. The summed E-state index contributed by atoms with van der Waals surface area (Å²) < 4.78 is 5.53. The predicted molar refractivity (Wildman–Crippen MR) is 100.0 cm³/mol. The molecule has 1 amide bonds. The second-order valence-electron chi connectivity index (χ2n) is 6.93. The molecule has 0 spiro atoms. The van der Waals surface area contributed by atoms with Gasteiger partial charge in [0.25, 0.3) is 0 Å². The van der Waals surface area contributed by atoms with Crippen LogP contribution in [0.25, 0.3) is 11.4 Å². The number of carbonyl (C=O) groups is 1. The first-order valence-electron chi connectivity index (χ1n) is 9.27. The van der Waals surface area contributed by atoms with Gasteiger partial charge in [-0.2, -0.15) is 0 Å². The lowest BCUT2D eigenvalue weighted by molar-refractivity contribution is -0.114. The van der Waals surface area contributed by atoms with Crippen LogP contribution in [-0.4, -0.2) is 35.6 Å². The highest BCUT2D eigenvalue weighted by atomic mass is 16.5. The lowest BCUT2D eigenvalue weighted by atomic mass is 9.89. The van der Waals surface area contributed by atoms with Crippen molar-refractivity contribution in [2.24, 2.45) is 0 Å². The Labute approximate surface area is 153 Å². The zero-order chi connectivity index (χ0) is 17.9. The van der Waals surface area contributed by atoms with Crippen molar-refractivity contribution in [2.75, 3.05) is 25.1 Å². The summed E-state index contributed by atoms with van der Waals surface area (Å²) in [6.07, 6.45) is 3.04. The van der Waals surface area contributed by atoms with Crippen LogP contribution in [0.4, 0.5) is 5.69 Å². The van der Waals surface area contributed by atoms with Gasteiger partial charge in [0.1, 0.15) is 0 Å². The lowest BCUT2D eigenvalue weighted by Gasteiger charge is -2.27. The molecule has 0 atom stereocenters. The monoisotopic (exact) mass is 352 g/mol. The third kappa shape index (κ3) is 3.61. The number of aromatic nitrogens is 2. The highest BCUT2D eigenvalue weighted by Gasteiger charge is 2.25. The Hall–Kier alpha value is -2.31.